The van der Waals surface area contributed by atoms with Gasteiger partial charge in [0, 0.05) is 32.8 Å². The van der Waals surface area contributed by atoms with Crippen LogP contribution in [0.15, 0.2) is 0 Å². The van der Waals surface area contributed by atoms with E-state index in [-0.39, 0.29) is 22.6 Å². The number of sulfonamides is 5. The number of carbonyl (C=O) groups excluding carboxylic acids is 1. The van der Waals surface area contributed by atoms with Gasteiger partial charge in [0.05, 0.1) is 17.1 Å². The zero-order chi connectivity index (χ0) is 52.3. The van der Waals surface area contributed by atoms with Crippen molar-refractivity contribution in [1.29, 1.82) is 0 Å². The Morgan fingerprint density at radius 2 is 0.833 bits per heavy atom. The van der Waals surface area contributed by atoms with Crippen molar-refractivity contribution in [3.63, 3.8) is 0 Å². The van der Waals surface area contributed by atoms with Gasteiger partial charge in [-0.25, -0.2) is 83.3 Å². The monoisotopic (exact) mass is 1090 g/mol. The molecule has 0 radical (unpaired) electrons. The summed E-state index contributed by atoms with van der Waals surface area (Å²) in [5, 5.41) is 13.4. The van der Waals surface area contributed by atoms with Crippen LogP contribution < -0.4 is 24.0 Å². The van der Waals surface area contributed by atoms with Crippen molar-refractivity contribution in [2.24, 2.45) is 5.14 Å². The molecule has 0 saturated heterocycles. The third kappa shape index (κ3) is 20.6. The van der Waals surface area contributed by atoms with E-state index in [9.17, 15) is 64.1 Å². The standard InChI is InChI=1S/C8H16FNO2S.C8H17NO3S.C8H15NO3S.C7H15NO2S.C4H8FNO2S.C3H5ClO2S/c1-7(2,3)10-13(11,12)8(6-9)4-5-8;2*1-7(2,3)9-13(11,12)8(6-10)4-5-8;1-7(2,3)8-11(9,10)6-4-5-6;5-3-4(1-2-4)9(6,7)8;4-7(5,6)3-1-2-3/h10H,4-6H2,1-3H3;9-10H,4-6H2,1-3H3;6,9H,4-5H2,1-3H3;6,8H,4-5H2,1-3H3;1-3H2,(H2,6,7,8);3H,1-2H2. The van der Waals surface area contributed by atoms with Crippen molar-refractivity contribution in [2.75, 3.05) is 20.0 Å². The summed E-state index contributed by atoms with van der Waals surface area (Å²) in [6, 6.07) is 0. The van der Waals surface area contributed by atoms with Crippen LogP contribution in [0.2, 0.25) is 0 Å². The van der Waals surface area contributed by atoms with E-state index < -0.39 is 108 Å². The summed E-state index contributed by atoms with van der Waals surface area (Å²) in [7, 11) is -15.2. The van der Waals surface area contributed by atoms with Crippen LogP contribution >= 0.6 is 10.7 Å². The van der Waals surface area contributed by atoms with Crippen LogP contribution in [0.4, 0.5) is 8.78 Å². The Morgan fingerprint density at radius 3 is 1.00 bits per heavy atom. The van der Waals surface area contributed by atoms with Crippen LogP contribution in [0.1, 0.15) is 160 Å². The van der Waals surface area contributed by atoms with Crippen molar-refractivity contribution < 1.29 is 69.2 Å². The Kier molecular flexibility index (Phi) is 20.7. The predicted octanol–water partition coefficient (Wildman–Crippen LogP) is 3.23. The van der Waals surface area contributed by atoms with Crippen molar-refractivity contribution in [2.45, 2.75) is 212 Å². The van der Waals surface area contributed by atoms with Crippen LogP contribution in [0.3, 0.4) is 0 Å². The van der Waals surface area contributed by atoms with Crippen molar-refractivity contribution in [1.82, 2.24) is 18.9 Å². The van der Waals surface area contributed by atoms with Crippen LogP contribution in [0.25, 0.3) is 0 Å². The van der Waals surface area contributed by atoms with E-state index in [2.05, 4.69) is 18.9 Å². The molecule has 0 amide bonds. The molecule has 394 valence electrons. The third-order valence-electron chi connectivity index (χ3n) is 10.1. The molecule has 6 saturated carbocycles. The number of hydrogen-bond donors (Lipinski definition) is 6. The fraction of sp³-hybridized carbons (Fsp3) is 0.974. The number of hydrogen-bond acceptors (Lipinski definition) is 14. The van der Waals surface area contributed by atoms with Crippen LogP contribution in [0, 0.1) is 0 Å². The Morgan fingerprint density at radius 1 is 0.530 bits per heavy atom. The van der Waals surface area contributed by atoms with Crippen LogP contribution in [-0.4, -0.2) is 133 Å². The first-order valence-electron chi connectivity index (χ1n) is 21.4. The van der Waals surface area contributed by atoms with Gasteiger partial charge in [0.15, 0.2) is 0 Å². The van der Waals surface area contributed by atoms with E-state index in [0.29, 0.717) is 57.7 Å². The molecule has 0 aromatic rings. The molecule has 0 atom stereocenters. The van der Waals surface area contributed by atoms with Gasteiger partial charge < -0.3 is 9.90 Å². The maximum absolute atomic E-state index is 12.5. The van der Waals surface area contributed by atoms with Gasteiger partial charge in [-0.05, 0) is 160 Å². The molecule has 0 unspecified atom stereocenters. The van der Waals surface area contributed by atoms with Gasteiger partial charge >= 0.3 is 0 Å². The summed E-state index contributed by atoms with van der Waals surface area (Å²) in [5.74, 6) is 0. The number of halogens is 3. The molecule has 7 N–H and O–H groups in total. The molecule has 0 aromatic heterocycles. The van der Waals surface area contributed by atoms with E-state index in [0.717, 1.165) is 25.7 Å². The lowest BCUT2D eigenvalue weighted by Gasteiger charge is -2.24. The number of aldehydes is 1. The average Bonchev–Trinajstić information content (AvgIpc) is 3.86. The van der Waals surface area contributed by atoms with Crippen molar-refractivity contribution in [3.8, 4) is 0 Å². The lowest BCUT2D eigenvalue weighted by Crippen LogP contribution is -2.47. The number of nitrogens with one attached hydrogen (secondary N) is 4. The van der Waals surface area contributed by atoms with E-state index in [1.807, 2.05) is 20.8 Å². The highest BCUT2D eigenvalue weighted by Gasteiger charge is 2.57. The molecular formula is C38H76ClF2N5O14S6. The summed E-state index contributed by atoms with van der Waals surface area (Å²) >= 11 is 0. The Hall–Kier alpha value is -0.720. The number of aliphatic hydroxyl groups is 1. The predicted molar refractivity (Wildman–Crippen MR) is 254 cm³/mol. The molecule has 0 spiro atoms. The van der Waals surface area contributed by atoms with E-state index in [4.69, 9.17) is 20.9 Å². The zero-order valence-electron chi connectivity index (χ0n) is 40.3. The summed E-state index contributed by atoms with van der Waals surface area (Å²) in [6.45, 7) is 19.5. The lowest BCUT2D eigenvalue weighted by molar-refractivity contribution is -0.108. The summed E-state index contributed by atoms with van der Waals surface area (Å²) < 4.78 is 164. The number of rotatable bonds is 14. The van der Waals surface area contributed by atoms with E-state index in [1.54, 1.807) is 62.3 Å². The minimum Gasteiger partial charge on any atom is -0.395 e. The maximum Gasteiger partial charge on any atom is 0.235 e. The first-order chi connectivity index (χ1) is 29.1. The second kappa shape index (κ2) is 21.6. The van der Waals surface area contributed by atoms with Gasteiger partial charge in [0.25, 0.3) is 0 Å². The molecule has 0 heterocycles. The summed E-state index contributed by atoms with van der Waals surface area (Å²) in [4.78, 5) is 10.6. The number of aliphatic hydroxyl groups excluding tert-OH is 1. The van der Waals surface area contributed by atoms with Crippen molar-refractivity contribution in [3.05, 3.63) is 0 Å². The largest absolute Gasteiger partial charge is 0.395 e. The first kappa shape index (κ1) is 63.3. The smallest absolute Gasteiger partial charge is 0.235 e. The Labute approximate surface area is 398 Å². The van der Waals surface area contributed by atoms with Gasteiger partial charge in [-0.3, -0.25) is 0 Å². The molecule has 19 nitrogen and oxygen atoms in total. The second-order valence-electron chi connectivity index (χ2n) is 22.0. The molecule has 28 heteroatoms. The Bertz CT molecular complexity index is 2280. The second-order valence-corrected chi connectivity index (χ2v) is 35.0. The number of nitrogens with two attached hydrogens (primary N) is 1. The number of carbonyl (C=O) groups is 1. The summed E-state index contributed by atoms with van der Waals surface area (Å²) in [5.41, 5.74) is -1.84. The highest BCUT2D eigenvalue weighted by Crippen LogP contribution is 2.45. The zero-order valence-corrected chi connectivity index (χ0v) is 45.9. The average molecular weight is 1090 g/mol. The number of alkyl halides is 2. The van der Waals surface area contributed by atoms with Crippen molar-refractivity contribution >= 4 is 76.1 Å². The minimum absolute atomic E-state index is 0.110. The SMILES string of the molecule is CC(C)(C)NS(=O)(=O)C1(C=O)CC1.CC(C)(C)NS(=O)(=O)C1(CF)CC1.CC(C)(C)NS(=O)(=O)C1(CO)CC1.CC(C)(C)NS(=O)(=O)C1CC1.NS(=O)(=O)C1(CF)CC1.O=S(=O)(Cl)C1CC1. The molecule has 6 fully saturated rings. The molecule has 0 bridgehead atoms. The Balaban J connectivity index is 0.000000400. The highest BCUT2D eigenvalue weighted by molar-refractivity contribution is 8.14. The van der Waals surface area contributed by atoms with Gasteiger partial charge in [-0.2, -0.15) is 0 Å². The van der Waals surface area contributed by atoms with Gasteiger partial charge in [-0.15, -0.1) is 0 Å². The fourth-order valence-electron chi connectivity index (χ4n) is 5.24. The topological polar surface area (TPSA) is 316 Å². The lowest BCUT2D eigenvalue weighted by atomic mass is 10.1. The first-order valence-corrected chi connectivity index (χ1v) is 31.3. The van der Waals surface area contributed by atoms with E-state index in [1.165, 1.54) is 0 Å². The minimum atomic E-state index is -3.62. The molecule has 6 rings (SSSR count). The molecule has 0 aromatic carbocycles. The molecule has 6 aliphatic carbocycles. The maximum atomic E-state index is 12.5. The van der Waals surface area contributed by atoms with Crippen LogP contribution in [-0.2, 0) is 64.0 Å². The molecule has 66 heavy (non-hydrogen) atoms. The summed E-state index contributed by atoms with van der Waals surface area (Å²) in [6.07, 6.45) is 7.36. The van der Waals surface area contributed by atoms with Crippen LogP contribution in [0.5, 0.6) is 0 Å². The molecular weight excluding hydrogens is 1020 g/mol. The van der Waals surface area contributed by atoms with Gasteiger partial charge in [-0.1, -0.05) is 0 Å². The normalized spacial score (nSPS) is 21.7. The van der Waals surface area contributed by atoms with Gasteiger partial charge in [0.2, 0.25) is 59.2 Å². The molecule has 6 aliphatic rings. The highest BCUT2D eigenvalue weighted by atomic mass is 35.7. The molecule has 0 aliphatic heterocycles. The third-order valence-corrected chi connectivity index (χ3v) is 23.6. The quantitative estimate of drug-likeness (QED) is 0.108. The fourth-order valence-corrected chi connectivity index (χ4v) is 14.5. The number of primary sulfonamides is 1. The van der Waals surface area contributed by atoms with E-state index >= 15 is 0 Å². The van der Waals surface area contributed by atoms with Gasteiger partial charge in [0.1, 0.15) is 38.6 Å².